The summed E-state index contributed by atoms with van der Waals surface area (Å²) in [5, 5.41) is 10.8. The maximum absolute atomic E-state index is 12.5. The zero-order chi connectivity index (χ0) is 17.3. The van der Waals surface area contributed by atoms with Gasteiger partial charge in [0.1, 0.15) is 0 Å². The molecule has 4 atom stereocenters. The molecule has 0 aliphatic carbocycles. The molecule has 2 fully saturated rings. The molecule has 134 valence electrons. The molecule has 0 unspecified atom stereocenters. The van der Waals surface area contributed by atoms with Gasteiger partial charge < -0.3 is 10.0 Å². The fraction of sp³-hybridized carbons (Fsp3) is 0.667. The van der Waals surface area contributed by atoms with Gasteiger partial charge in [-0.05, 0) is 25.5 Å². The highest BCUT2D eigenvalue weighted by Crippen LogP contribution is 2.41. The number of rotatable bonds is 4. The van der Waals surface area contributed by atoms with Crippen LogP contribution < -0.4 is 0 Å². The summed E-state index contributed by atoms with van der Waals surface area (Å²) in [4.78, 5) is 2.23. The molecule has 24 heavy (non-hydrogen) atoms. The molecule has 0 saturated carbocycles. The Labute approximate surface area is 145 Å². The molecule has 0 spiro atoms. The summed E-state index contributed by atoms with van der Waals surface area (Å²) in [6.07, 6.45) is 0.672. The zero-order valence-electron chi connectivity index (χ0n) is 14.5. The molecule has 1 N–H and O–H groups in total. The fourth-order valence-electron chi connectivity index (χ4n) is 4.35. The third-order valence-electron chi connectivity index (χ3n) is 5.55. The molecule has 0 aromatic heterocycles. The third-order valence-corrected chi connectivity index (χ3v) is 7.59. The predicted octanol–water partition coefficient (Wildman–Crippen LogP) is 1.51. The van der Waals surface area contributed by atoms with Gasteiger partial charge in [-0.25, -0.2) is 12.7 Å². The van der Waals surface area contributed by atoms with Crippen molar-refractivity contribution in [2.45, 2.75) is 37.8 Å². The number of benzene rings is 1. The number of sulfonamides is 1. The standard InChI is InChI=1S/C18H28N2O3S/c1-3-11-24(22,23)20-10-9-17(21)18-15(12-19(2)16(18)13-20)14-7-5-4-6-8-14/h4-8,15-18,21H,3,9-13H2,1-2H3/t15-,16+,17+,18-/m0/s1. The number of likely N-dealkylation sites (N-methyl/N-ethyl adjacent to an activating group) is 1. The first kappa shape index (κ1) is 17.9. The topological polar surface area (TPSA) is 60.9 Å². The monoisotopic (exact) mass is 352 g/mol. The van der Waals surface area contributed by atoms with Gasteiger partial charge in [0.15, 0.2) is 0 Å². The van der Waals surface area contributed by atoms with Gasteiger partial charge in [0.2, 0.25) is 10.0 Å². The maximum Gasteiger partial charge on any atom is 0.214 e. The van der Waals surface area contributed by atoms with Crippen molar-refractivity contribution < 1.29 is 13.5 Å². The van der Waals surface area contributed by atoms with E-state index in [1.165, 1.54) is 5.56 Å². The SMILES string of the molecule is CCCS(=O)(=O)N1CC[C@@H](O)[C@@H]2[C@@H](C1)N(C)C[C@H]2c1ccccc1. The fourth-order valence-corrected chi connectivity index (χ4v) is 5.89. The first-order valence-corrected chi connectivity index (χ1v) is 10.5. The Morgan fingerprint density at radius 3 is 2.58 bits per heavy atom. The molecule has 3 rings (SSSR count). The van der Waals surface area contributed by atoms with Crippen LogP contribution in [-0.2, 0) is 10.0 Å². The number of likely N-dealkylation sites (tertiary alicyclic amines) is 1. The predicted molar refractivity (Wildman–Crippen MR) is 95.4 cm³/mol. The summed E-state index contributed by atoms with van der Waals surface area (Å²) >= 11 is 0. The van der Waals surface area contributed by atoms with Gasteiger partial charge in [0.05, 0.1) is 11.9 Å². The number of nitrogens with zero attached hydrogens (tertiary/aromatic N) is 2. The number of hydrogen-bond donors (Lipinski definition) is 1. The summed E-state index contributed by atoms with van der Waals surface area (Å²) in [5.74, 6) is 0.524. The number of aliphatic hydroxyl groups excluding tert-OH is 1. The Morgan fingerprint density at radius 1 is 1.21 bits per heavy atom. The molecule has 6 heteroatoms. The quantitative estimate of drug-likeness (QED) is 0.892. The van der Waals surface area contributed by atoms with Gasteiger partial charge in [0, 0.05) is 37.5 Å². The Balaban J connectivity index is 1.88. The van der Waals surface area contributed by atoms with Gasteiger partial charge in [-0.2, -0.15) is 0 Å². The minimum absolute atomic E-state index is 0.0688. The summed E-state index contributed by atoms with van der Waals surface area (Å²) < 4.78 is 26.6. The lowest BCUT2D eigenvalue weighted by atomic mass is 9.81. The molecule has 5 nitrogen and oxygen atoms in total. The van der Waals surface area contributed by atoms with Crippen LogP contribution in [0.3, 0.4) is 0 Å². The van der Waals surface area contributed by atoms with E-state index in [1.807, 2.05) is 32.2 Å². The lowest BCUT2D eigenvalue weighted by Crippen LogP contribution is -2.43. The van der Waals surface area contributed by atoms with E-state index in [0.717, 1.165) is 6.54 Å². The molecule has 0 amide bonds. The van der Waals surface area contributed by atoms with Crippen LogP contribution in [0.15, 0.2) is 30.3 Å². The largest absolute Gasteiger partial charge is 0.393 e. The van der Waals surface area contributed by atoms with E-state index in [0.29, 0.717) is 25.9 Å². The molecule has 0 radical (unpaired) electrons. The minimum atomic E-state index is -3.23. The van der Waals surface area contributed by atoms with E-state index >= 15 is 0 Å². The molecule has 1 aromatic carbocycles. The Kier molecular flexibility index (Phi) is 5.30. The molecule has 2 aliphatic heterocycles. The van der Waals surface area contributed by atoms with E-state index in [1.54, 1.807) is 4.31 Å². The lowest BCUT2D eigenvalue weighted by molar-refractivity contribution is 0.0850. The lowest BCUT2D eigenvalue weighted by Gasteiger charge is -2.29. The zero-order valence-corrected chi connectivity index (χ0v) is 15.3. The van der Waals surface area contributed by atoms with Crippen molar-refractivity contribution in [3.05, 3.63) is 35.9 Å². The molecule has 0 bridgehead atoms. The van der Waals surface area contributed by atoms with Crippen LogP contribution in [-0.4, -0.2) is 67.3 Å². The van der Waals surface area contributed by atoms with Gasteiger partial charge in [-0.15, -0.1) is 0 Å². The van der Waals surface area contributed by atoms with Crippen LogP contribution in [0.2, 0.25) is 0 Å². The van der Waals surface area contributed by atoms with Crippen molar-refractivity contribution in [3.63, 3.8) is 0 Å². The van der Waals surface area contributed by atoms with Crippen molar-refractivity contribution >= 4 is 10.0 Å². The van der Waals surface area contributed by atoms with E-state index in [-0.39, 0.29) is 23.6 Å². The first-order valence-electron chi connectivity index (χ1n) is 8.85. The highest BCUT2D eigenvalue weighted by atomic mass is 32.2. The summed E-state index contributed by atoms with van der Waals surface area (Å²) in [6, 6.07) is 10.4. The minimum Gasteiger partial charge on any atom is -0.393 e. The second kappa shape index (κ2) is 7.12. The highest BCUT2D eigenvalue weighted by molar-refractivity contribution is 7.89. The smallest absolute Gasteiger partial charge is 0.214 e. The van der Waals surface area contributed by atoms with Gasteiger partial charge >= 0.3 is 0 Å². The first-order chi connectivity index (χ1) is 11.4. The van der Waals surface area contributed by atoms with E-state index in [2.05, 4.69) is 17.0 Å². The van der Waals surface area contributed by atoms with Gasteiger partial charge in [0.25, 0.3) is 0 Å². The van der Waals surface area contributed by atoms with Crippen molar-refractivity contribution in [2.24, 2.45) is 5.92 Å². The number of hydrogen-bond acceptors (Lipinski definition) is 4. The molecule has 2 heterocycles. The Bertz CT molecular complexity index is 649. The van der Waals surface area contributed by atoms with Gasteiger partial charge in [-0.1, -0.05) is 37.3 Å². The summed E-state index contributed by atoms with van der Waals surface area (Å²) in [5.41, 5.74) is 1.24. The van der Waals surface area contributed by atoms with Crippen LogP contribution >= 0.6 is 0 Å². The van der Waals surface area contributed by atoms with Crippen molar-refractivity contribution in [1.29, 1.82) is 0 Å². The Morgan fingerprint density at radius 2 is 1.92 bits per heavy atom. The van der Waals surface area contributed by atoms with Crippen LogP contribution in [0.25, 0.3) is 0 Å². The van der Waals surface area contributed by atoms with E-state index < -0.39 is 16.1 Å². The molecule has 2 aliphatic rings. The van der Waals surface area contributed by atoms with Crippen LogP contribution in [0, 0.1) is 5.92 Å². The van der Waals surface area contributed by atoms with Crippen molar-refractivity contribution in [2.75, 3.05) is 32.4 Å². The van der Waals surface area contributed by atoms with Crippen LogP contribution in [0.1, 0.15) is 31.2 Å². The van der Waals surface area contributed by atoms with Crippen LogP contribution in [0.4, 0.5) is 0 Å². The average molecular weight is 353 g/mol. The van der Waals surface area contributed by atoms with E-state index in [4.69, 9.17) is 0 Å². The van der Waals surface area contributed by atoms with Crippen molar-refractivity contribution in [3.8, 4) is 0 Å². The summed E-state index contributed by atoms with van der Waals surface area (Å²) in [6.45, 7) is 3.66. The number of fused-ring (bicyclic) bond motifs is 1. The molecular formula is C18H28N2O3S. The second-order valence-corrected chi connectivity index (χ2v) is 9.22. The van der Waals surface area contributed by atoms with Crippen LogP contribution in [0.5, 0.6) is 0 Å². The third kappa shape index (κ3) is 3.38. The molecule has 1 aromatic rings. The van der Waals surface area contributed by atoms with Crippen molar-refractivity contribution in [1.82, 2.24) is 9.21 Å². The molecule has 2 saturated heterocycles. The van der Waals surface area contributed by atoms with E-state index in [9.17, 15) is 13.5 Å². The Hall–Kier alpha value is -0.950. The normalized spacial score (nSPS) is 32.5. The number of aliphatic hydroxyl groups is 1. The average Bonchev–Trinajstić information content (AvgIpc) is 2.76. The summed E-state index contributed by atoms with van der Waals surface area (Å²) in [7, 11) is -1.18. The maximum atomic E-state index is 12.5. The highest BCUT2D eigenvalue weighted by Gasteiger charge is 2.47. The second-order valence-electron chi connectivity index (χ2n) is 7.13. The van der Waals surface area contributed by atoms with Gasteiger partial charge in [-0.3, -0.25) is 0 Å². The molecular weight excluding hydrogens is 324 g/mol.